The minimum Gasteiger partial charge on any atom is -0.491 e. The second-order valence-corrected chi connectivity index (χ2v) is 13.0. The van der Waals surface area contributed by atoms with Crippen molar-refractivity contribution in [2.45, 2.75) is 56.8 Å². The zero-order valence-electron chi connectivity index (χ0n) is 27.0. The number of epoxide rings is 2. The van der Waals surface area contributed by atoms with Gasteiger partial charge in [0.05, 0.1) is 6.61 Å². The molecule has 7 heteroatoms. The zero-order chi connectivity index (χ0) is 32.1. The number of rotatable bonds is 16. The summed E-state index contributed by atoms with van der Waals surface area (Å²) < 4.78 is 33.6. The molecular weight excluding hydrogens is 580 g/mol. The van der Waals surface area contributed by atoms with E-state index in [0.717, 1.165) is 23.7 Å². The van der Waals surface area contributed by atoms with Crippen LogP contribution in [0.3, 0.4) is 0 Å². The maximum absolute atomic E-state index is 10.5. The van der Waals surface area contributed by atoms with Crippen LogP contribution in [-0.2, 0) is 20.3 Å². The summed E-state index contributed by atoms with van der Waals surface area (Å²) in [5.41, 5.74) is 4.31. The van der Waals surface area contributed by atoms with Crippen LogP contribution in [0.25, 0.3) is 0 Å². The first-order chi connectivity index (χ1) is 22.2. The molecule has 3 unspecified atom stereocenters. The van der Waals surface area contributed by atoms with Crippen molar-refractivity contribution in [2.75, 3.05) is 33.0 Å². The number of aliphatic hydroxyl groups is 1. The minimum absolute atomic E-state index is 0.116. The molecule has 4 aromatic carbocycles. The van der Waals surface area contributed by atoms with Gasteiger partial charge < -0.3 is 28.8 Å². The summed E-state index contributed by atoms with van der Waals surface area (Å²) in [6.45, 7) is 12.7. The molecule has 4 aromatic rings. The Morgan fingerprint density at radius 1 is 0.609 bits per heavy atom. The summed E-state index contributed by atoms with van der Waals surface area (Å²) in [6, 6.07) is 32.5. The molecule has 6 rings (SSSR count). The van der Waals surface area contributed by atoms with Crippen LogP contribution in [0.2, 0.25) is 0 Å². The molecule has 3 atom stereocenters. The zero-order valence-corrected chi connectivity index (χ0v) is 27.0. The molecule has 240 valence electrons. The van der Waals surface area contributed by atoms with Gasteiger partial charge in [-0.1, -0.05) is 76.2 Å². The molecule has 0 aliphatic carbocycles. The lowest BCUT2D eigenvalue weighted by molar-refractivity contribution is 0.0626. The van der Waals surface area contributed by atoms with Gasteiger partial charge in [0.1, 0.15) is 55.0 Å². The quantitative estimate of drug-likeness (QED) is 0.108. The number of hydrogen-bond acceptors (Lipinski definition) is 7. The summed E-state index contributed by atoms with van der Waals surface area (Å²) in [4.78, 5) is 0. The van der Waals surface area contributed by atoms with Gasteiger partial charge in [-0.25, -0.2) is 0 Å². The topological polar surface area (TPSA) is 82.2 Å². The van der Waals surface area contributed by atoms with Gasteiger partial charge in [0.2, 0.25) is 0 Å². The fourth-order valence-electron chi connectivity index (χ4n) is 5.30. The highest BCUT2D eigenvalue weighted by Crippen LogP contribution is 2.35. The molecule has 0 saturated carbocycles. The molecule has 2 aliphatic rings. The van der Waals surface area contributed by atoms with Gasteiger partial charge in [0.25, 0.3) is 6.61 Å². The van der Waals surface area contributed by atoms with Crippen LogP contribution >= 0.6 is 0 Å². The number of ether oxygens (including phenoxy) is 6. The molecule has 0 radical (unpaired) electrons. The van der Waals surface area contributed by atoms with Crippen molar-refractivity contribution in [1.82, 2.24) is 0 Å². The largest absolute Gasteiger partial charge is 0.491 e. The van der Waals surface area contributed by atoms with E-state index in [9.17, 15) is 5.11 Å². The Morgan fingerprint density at radius 2 is 0.935 bits per heavy atom. The van der Waals surface area contributed by atoms with E-state index in [2.05, 4.69) is 76.2 Å². The highest BCUT2D eigenvalue weighted by atomic mass is 16.6. The Kier molecular flexibility index (Phi) is 9.45. The van der Waals surface area contributed by atoms with E-state index < -0.39 is 6.10 Å². The van der Waals surface area contributed by atoms with E-state index in [4.69, 9.17) is 28.4 Å². The lowest BCUT2D eigenvalue weighted by Gasteiger charge is -2.26. The molecule has 0 amide bonds. The Hall–Kier alpha value is -4.17. The van der Waals surface area contributed by atoms with Crippen LogP contribution in [0, 0.1) is 6.61 Å². The van der Waals surface area contributed by atoms with E-state index >= 15 is 0 Å². The summed E-state index contributed by atoms with van der Waals surface area (Å²) in [7, 11) is 0. The lowest BCUT2D eigenvalue weighted by Crippen LogP contribution is -2.25. The first kappa shape index (κ1) is 31.8. The van der Waals surface area contributed by atoms with E-state index in [1.54, 1.807) is 6.61 Å². The lowest BCUT2D eigenvalue weighted by atomic mass is 9.78. The van der Waals surface area contributed by atoms with Crippen molar-refractivity contribution in [3.63, 3.8) is 0 Å². The third kappa shape index (κ3) is 8.15. The Balaban J connectivity index is 0.952. The first-order valence-electron chi connectivity index (χ1n) is 15.9. The molecule has 2 aliphatic heterocycles. The predicted molar refractivity (Wildman–Crippen MR) is 177 cm³/mol. The Morgan fingerprint density at radius 3 is 1.26 bits per heavy atom. The second-order valence-electron chi connectivity index (χ2n) is 13.0. The number of aliphatic hydroxyl groups excluding tert-OH is 1. The van der Waals surface area contributed by atoms with E-state index in [1.165, 1.54) is 16.7 Å². The summed E-state index contributed by atoms with van der Waals surface area (Å²) >= 11 is 0. The van der Waals surface area contributed by atoms with Gasteiger partial charge in [-0.05, 0) is 70.8 Å². The molecule has 1 N–H and O–H groups in total. The molecule has 2 heterocycles. The van der Waals surface area contributed by atoms with E-state index in [0.29, 0.717) is 24.7 Å². The van der Waals surface area contributed by atoms with E-state index in [-0.39, 0.29) is 36.3 Å². The van der Waals surface area contributed by atoms with Crippen LogP contribution in [0.1, 0.15) is 49.9 Å². The van der Waals surface area contributed by atoms with Gasteiger partial charge >= 0.3 is 6.10 Å². The summed E-state index contributed by atoms with van der Waals surface area (Å²) in [5, 5.41) is 10.5. The average Bonchev–Trinajstić information content (AvgIpc) is 4.01. The Bertz CT molecular complexity index is 1420. The normalized spacial score (nSPS) is 17.8. The maximum Gasteiger partial charge on any atom is 0.308 e. The Labute approximate surface area is 272 Å². The van der Waals surface area contributed by atoms with Crippen LogP contribution < -0.4 is 18.9 Å². The molecule has 0 spiro atoms. The minimum atomic E-state index is -0.774. The number of benzene rings is 4. The van der Waals surface area contributed by atoms with Crippen LogP contribution in [0.5, 0.6) is 23.0 Å². The van der Waals surface area contributed by atoms with Crippen LogP contribution in [0.15, 0.2) is 97.1 Å². The van der Waals surface area contributed by atoms with Crippen molar-refractivity contribution in [3.8, 4) is 23.0 Å². The molecule has 0 aromatic heterocycles. The molecule has 2 saturated heterocycles. The fourth-order valence-corrected chi connectivity index (χ4v) is 5.30. The van der Waals surface area contributed by atoms with Gasteiger partial charge in [0.15, 0.2) is 6.61 Å². The van der Waals surface area contributed by atoms with Crippen LogP contribution in [-0.4, -0.2) is 56.5 Å². The fraction of sp³-hybridized carbons (Fsp3) is 0.359. The SMILES string of the molecule is CC(C)(c1ccc(OCC(O)COc2ccc(C(C)(C)c3ccc(OCC4CO4)cc3)cc2)cc1)c1ccc(OCC2[CH+]O2)cc1. The van der Waals surface area contributed by atoms with Crippen molar-refractivity contribution in [3.05, 3.63) is 126 Å². The molecule has 7 nitrogen and oxygen atoms in total. The third-order valence-electron chi connectivity index (χ3n) is 8.77. The van der Waals surface area contributed by atoms with Crippen molar-refractivity contribution in [2.24, 2.45) is 0 Å². The van der Waals surface area contributed by atoms with E-state index in [1.807, 2.05) is 48.5 Å². The highest BCUT2D eigenvalue weighted by Gasteiger charge is 2.40. The summed E-state index contributed by atoms with van der Waals surface area (Å²) in [6.07, 6.45) is -0.417. The van der Waals surface area contributed by atoms with Gasteiger partial charge in [-0.15, -0.1) is 4.74 Å². The van der Waals surface area contributed by atoms with Gasteiger partial charge in [-0.2, -0.15) is 0 Å². The summed E-state index contributed by atoms with van der Waals surface area (Å²) in [5.74, 6) is 3.08. The standard InChI is InChI=1S/C39H43O7/c1-38(2,29-9-17-34(18-10-29)43-23-36-25-45-36)27-5-13-32(14-6-27)41-21-31(40)22-42-33-15-7-28(8-16-33)39(3,4)30-11-19-35(20-12-30)44-24-37-26-46-37/h5-20,25,31,36-37,40H,21-24,26H2,1-4H3/q+1. The monoisotopic (exact) mass is 623 g/mol. The van der Waals surface area contributed by atoms with Gasteiger partial charge in [-0.3, -0.25) is 0 Å². The smallest absolute Gasteiger partial charge is 0.308 e. The second kappa shape index (κ2) is 13.7. The predicted octanol–water partition coefficient (Wildman–Crippen LogP) is 6.87. The van der Waals surface area contributed by atoms with Crippen molar-refractivity contribution in [1.29, 1.82) is 0 Å². The number of hydrogen-bond donors (Lipinski definition) is 1. The van der Waals surface area contributed by atoms with Gasteiger partial charge in [0, 0.05) is 10.8 Å². The van der Waals surface area contributed by atoms with Crippen molar-refractivity contribution >= 4 is 0 Å². The molecular formula is C39H43O7+. The molecule has 2 fully saturated rings. The molecule has 0 bridgehead atoms. The average molecular weight is 624 g/mol. The first-order valence-corrected chi connectivity index (χ1v) is 15.9. The highest BCUT2D eigenvalue weighted by molar-refractivity contribution is 5.43. The maximum atomic E-state index is 10.5. The van der Waals surface area contributed by atoms with Crippen LogP contribution in [0.4, 0.5) is 0 Å². The molecule has 46 heavy (non-hydrogen) atoms. The van der Waals surface area contributed by atoms with Crippen molar-refractivity contribution < 1.29 is 33.5 Å². The third-order valence-corrected chi connectivity index (χ3v) is 8.77.